The molecule has 0 atom stereocenters. The van der Waals surface area contributed by atoms with E-state index < -0.39 is 0 Å². The highest BCUT2D eigenvalue weighted by Gasteiger charge is 2.08. The van der Waals surface area contributed by atoms with E-state index in [2.05, 4.69) is 48.3 Å². The van der Waals surface area contributed by atoms with Gasteiger partial charge in [-0.15, -0.1) is 0 Å². The summed E-state index contributed by atoms with van der Waals surface area (Å²) < 4.78 is 0. The molecule has 0 radical (unpaired) electrons. The number of rotatable bonds is 4. The molecular formula is C21H19NO. The number of carbonyl (C=O) groups excluding carboxylic acids is 1. The van der Waals surface area contributed by atoms with Crippen LogP contribution < -0.4 is 5.32 Å². The van der Waals surface area contributed by atoms with Gasteiger partial charge in [0.25, 0.3) is 0 Å². The van der Waals surface area contributed by atoms with Crippen LogP contribution in [0, 0.1) is 0 Å². The van der Waals surface area contributed by atoms with E-state index in [0.717, 1.165) is 22.3 Å². The number of hydrogen-bond donors (Lipinski definition) is 1. The second-order valence-corrected chi connectivity index (χ2v) is 5.61. The predicted molar refractivity (Wildman–Crippen MR) is 96.0 cm³/mol. The third kappa shape index (κ3) is 3.32. The summed E-state index contributed by atoms with van der Waals surface area (Å²) in [7, 11) is 0. The summed E-state index contributed by atoms with van der Waals surface area (Å²) in [4.78, 5) is 11.2. The lowest BCUT2D eigenvalue weighted by Gasteiger charge is -2.13. The highest BCUT2D eigenvalue weighted by Crippen LogP contribution is 2.27. The molecule has 0 aromatic heterocycles. The maximum Gasteiger partial charge on any atom is 0.217 e. The standard InChI is InChI=1S/C21H19NO/c1-15(18-12-11-17-7-3-4-8-19(17)13-18)21-10-6-5-9-20(21)14-22-16(2)23/h3-13H,1,14H2,2H3,(H,22,23). The van der Waals surface area contributed by atoms with Crippen LogP contribution >= 0.6 is 0 Å². The normalized spacial score (nSPS) is 10.5. The highest BCUT2D eigenvalue weighted by atomic mass is 16.1. The molecule has 0 bridgehead atoms. The maximum atomic E-state index is 11.2. The molecule has 3 aromatic rings. The van der Waals surface area contributed by atoms with Gasteiger partial charge >= 0.3 is 0 Å². The van der Waals surface area contributed by atoms with E-state index in [-0.39, 0.29) is 5.91 Å². The van der Waals surface area contributed by atoms with Crippen molar-refractivity contribution in [2.45, 2.75) is 13.5 Å². The smallest absolute Gasteiger partial charge is 0.217 e. The molecule has 0 saturated carbocycles. The van der Waals surface area contributed by atoms with Gasteiger partial charge in [0.2, 0.25) is 5.91 Å². The first-order valence-corrected chi connectivity index (χ1v) is 7.66. The monoisotopic (exact) mass is 301 g/mol. The van der Waals surface area contributed by atoms with Crippen molar-refractivity contribution in [3.63, 3.8) is 0 Å². The van der Waals surface area contributed by atoms with Crippen LogP contribution in [0.1, 0.15) is 23.6 Å². The zero-order chi connectivity index (χ0) is 16.2. The van der Waals surface area contributed by atoms with E-state index in [1.54, 1.807) is 0 Å². The van der Waals surface area contributed by atoms with Crippen molar-refractivity contribution in [2.24, 2.45) is 0 Å². The number of carbonyl (C=O) groups is 1. The van der Waals surface area contributed by atoms with Gasteiger partial charge in [0, 0.05) is 13.5 Å². The largest absolute Gasteiger partial charge is 0.352 e. The molecule has 0 spiro atoms. The van der Waals surface area contributed by atoms with Crippen LogP contribution in [-0.4, -0.2) is 5.91 Å². The van der Waals surface area contributed by atoms with Gasteiger partial charge in [0.05, 0.1) is 0 Å². The lowest BCUT2D eigenvalue weighted by molar-refractivity contribution is -0.119. The molecule has 23 heavy (non-hydrogen) atoms. The van der Waals surface area contributed by atoms with Crippen LogP contribution in [0.4, 0.5) is 0 Å². The Hall–Kier alpha value is -2.87. The number of amides is 1. The molecule has 114 valence electrons. The van der Waals surface area contributed by atoms with Gasteiger partial charge in [0.15, 0.2) is 0 Å². The van der Waals surface area contributed by atoms with Gasteiger partial charge in [-0.25, -0.2) is 0 Å². The van der Waals surface area contributed by atoms with E-state index >= 15 is 0 Å². The second-order valence-electron chi connectivity index (χ2n) is 5.61. The first kappa shape index (κ1) is 15.0. The molecule has 0 saturated heterocycles. The minimum atomic E-state index is -0.0314. The molecule has 1 N–H and O–H groups in total. The zero-order valence-electron chi connectivity index (χ0n) is 13.2. The van der Waals surface area contributed by atoms with Crippen molar-refractivity contribution in [2.75, 3.05) is 0 Å². The van der Waals surface area contributed by atoms with Crippen LogP contribution in [-0.2, 0) is 11.3 Å². The van der Waals surface area contributed by atoms with Gasteiger partial charge in [-0.05, 0) is 39.1 Å². The fourth-order valence-electron chi connectivity index (χ4n) is 2.72. The topological polar surface area (TPSA) is 29.1 Å². The lowest BCUT2D eigenvalue weighted by atomic mass is 9.93. The third-order valence-electron chi connectivity index (χ3n) is 3.97. The van der Waals surface area contributed by atoms with E-state index in [1.165, 1.54) is 17.7 Å². The molecule has 0 aliphatic heterocycles. The molecular weight excluding hydrogens is 282 g/mol. The Morgan fingerprint density at radius 1 is 0.957 bits per heavy atom. The molecule has 1 amide bonds. The molecule has 0 unspecified atom stereocenters. The van der Waals surface area contributed by atoms with Crippen molar-refractivity contribution in [1.82, 2.24) is 5.32 Å². The first-order chi connectivity index (χ1) is 11.1. The van der Waals surface area contributed by atoms with Crippen molar-refractivity contribution >= 4 is 22.3 Å². The predicted octanol–water partition coefficient (Wildman–Crippen LogP) is 4.54. The van der Waals surface area contributed by atoms with Crippen molar-refractivity contribution in [1.29, 1.82) is 0 Å². The molecule has 2 nitrogen and oxygen atoms in total. The number of hydrogen-bond acceptors (Lipinski definition) is 1. The van der Waals surface area contributed by atoms with Crippen molar-refractivity contribution in [3.8, 4) is 0 Å². The summed E-state index contributed by atoms with van der Waals surface area (Å²) in [6.07, 6.45) is 0. The summed E-state index contributed by atoms with van der Waals surface area (Å²) in [6.45, 7) is 6.32. The highest BCUT2D eigenvalue weighted by molar-refractivity contribution is 5.89. The average molecular weight is 301 g/mol. The molecule has 3 aromatic carbocycles. The second kappa shape index (κ2) is 6.49. The SMILES string of the molecule is C=C(c1ccc2ccccc2c1)c1ccccc1CNC(C)=O. The van der Waals surface area contributed by atoms with Crippen molar-refractivity contribution < 1.29 is 4.79 Å². The number of nitrogens with one attached hydrogen (secondary N) is 1. The van der Waals surface area contributed by atoms with Crippen LogP contribution in [0.25, 0.3) is 16.3 Å². The Balaban J connectivity index is 1.97. The van der Waals surface area contributed by atoms with E-state index in [4.69, 9.17) is 0 Å². The average Bonchev–Trinajstić information content (AvgIpc) is 2.59. The van der Waals surface area contributed by atoms with Gasteiger partial charge in [-0.1, -0.05) is 67.2 Å². The quantitative estimate of drug-likeness (QED) is 0.753. The summed E-state index contributed by atoms with van der Waals surface area (Å²) in [6, 6.07) is 22.7. The van der Waals surface area contributed by atoms with Crippen LogP contribution in [0.5, 0.6) is 0 Å². The van der Waals surface area contributed by atoms with Crippen molar-refractivity contribution in [3.05, 3.63) is 90.0 Å². The van der Waals surface area contributed by atoms with Gasteiger partial charge in [-0.3, -0.25) is 4.79 Å². The number of fused-ring (bicyclic) bond motifs is 1. The Bertz CT molecular complexity index is 880. The Morgan fingerprint density at radius 3 is 2.43 bits per heavy atom. The molecule has 0 heterocycles. The minimum absolute atomic E-state index is 0.0314. The van der Waals surface area contributed by atoms with Crippen LogP contribution in [0.2, 0.25) is 0 Å². The summed E-state index contributed by atoms with van der Waals surface area (Å²) in [5.74, 6) is -0.0314. The van der Waals surface area contributed by atoms with Crippen LogP contribution in [0.3, 0.4) is 0 Å². The molecule has 2 heteroatoms. The Kier molecular flexibility index (Phi) is 4.24. The third-order valence-corrected chi connectivity index (χ3v) is 3.97. The molecule has 0 aliphatic carbocycles. The molecule has 0 aliphatic rings. The van der Waals surface area contributed by atoms with Crippen LogP contribution in [0.15, 0.2) is 73.3 Å². The van der Waals surface area contributed by atoms with E-state index in [1.807, 2.05) is 30.3 Å². The first-order valence-electron chi connectivity index (χ1n) is 7.66. The summed E-state index contributed by atoms with van der Waals surface area (Å²) in [5.41, 5.74) is 4.20. The van der Waals surface area contributed by atoms with Gasteiger partial charge < -0.3 is 5.32 Å². The number of benzene rings is 3. The van der Waals surface area contributed by atoms with Gasteiger partial charge in [-0.2, -0.15) is 0 Å². The maximum absolute atomic E-state index is 11.2. The molecule has 3 rings (SSSR count). The Morgan fingerprint density at radius 2 is 1.65 bits per heavy atom. The van der Waals surface area contributed by atoms with E-state index in [9.17, 15) is 4.79 Å². The Labute approximate surface area is 136 Å². The minimum Gasteiger partial charge on any atom is -0.352 e. The lowest BCUT2D eigenvalue weighted by Crippen LogP contribution is -2.19. The fraction of sp³-hybridized carbons (Fsp3) is 0.0952. The summed E-state index contributed by atoms with van der Waals surface area (Å²) in [5, 5.41) is 5.28. The van der Waals surface area contributed by atoms with Gasteiger partial charge in [0.1, 0.15) is 0 Å². The molecule has 0 fully saturated rings. The van der Waals surface area contributed by atoms with E-state index in [0.29, 0.717) is 6.54 Å². The fourth-order valence-corrected chi connectivity index (χ4v) is 2.72. The zero-order valence-corrected chi connectivity index (χ0v) is 13.2. The summed E-state index contributed by atoms with van der Waals surface area (Å²) >= 11 is 0.